The van der Waals surface area contributed by atoms with E-state index in [-0.39, 0.29) is 11.9 Å². The van der Waals surface area contributed by atoms with Crippen LogP contribution in [-0.2, 0) is 4.79 Å². The van der Waals surface area contributed by atoms with Gasteiger partial charge in [0.25, 0.3) is 0 Å². The van der Waals surface area contributed by atoms with Gasteiger partial charge in [-0.15, -0.1) is 6.42 Å². The van der Waals surface area contributed by atoms with E-state index in [2.05, 4.69) is 11.2 Å². The molecule has 1 amide bonds. The van der Waals surface area contributed by atoms with Crippen LogP contribution in [-0.4, -0.2) is 36.0 Å². The van der Waals surface area contributed by atoms with E-state index >= 15 is 0 Å². The lowest BCUT2D eigenvalue weighted by molar-refractivity contribution is -0.128. The number of rotatable bonds is 2. The first-order valence-corrected chi connectivity index (χ1v) is 4.47. The molecule has 0 spiro atoms. The summed E-state index contributed by atoms with van der Waals surface area (Å²) in [6.45, 7) is 4.62. The van der Waals surface area contributed by atoms with E-state index in [0.29, 0.717) is 0 Å². The summed E-state index contributed by atoms with van der Waals surface area (Å²) in [5, 5.41) is 3.16. The first kappa shape index (κ1) is 10.1. The van der Waals surface area contributed by atoms with Crippen LogP contribution < -0.4 is 5.32 Å². The molecule has 1 N–H and O–H groups in total. The smallest absolute Gasteiger partial charge is 0.239 e. The third-order valence-electron chi connectivity index (χ3n) is 2.32. The zero-order valence-electron chi connectivity index (χ0n) is 8.42. The van der Waals surface area contributed by atoms with Crippen molar-refractivity contribution in [3.8, 4) is 12.3 Å². The van der Waals surface area contributed by atoms with E-state index in [1.54, 1.807) is 4.90 Å². The fourth-order valence-electron chi connectivity index (χ4n) is 1.43. The molecular weight excluding hydrogens is 164 g/mol. The van der Waals surface area contributed by atoms with Crippen LogP contribution in [0.4, 0.5) is 0 Å². The summed E-state index contributed by atoms with van der Waals surface area (Å²) in [5.74, 6) is 2.76. The van der Waals surface area contributed by atoms with E-state index in [4.69, 9.17) is 6.42 Å². The summed E-state index contributed by atoms with van der Waals surface area (Å²) < 4.78 is 0. The Morgan fingerprint density at radius 2 is 2.31 bits per heavy atom. The number of hydrogen-bond acceptors (Lipinski definition) is 2. The van der Waals surface area contributed by atoms with Crippen LogP contribution in [0.3, 0.4) is 0 Å². The first-order chi connectivity index (χ1) is 5.96. The van der Waals surface area contributed by atoms with Crippen molar-refractivity contribution in [2.45, 2.75) is 31.8 Å². The highest BCUT2D eigenvalue weighted by molar-refractivity contribution is 5.83. The molecule has 13 heavy (non-hydrogen) atoms. The molecule has 0 aromatic heterocycles. The van der Waals surface area contributed by atoms with Crippen molar-refractivity contribution < 1.29 is 4.79 Å². The zero-order chi connectivity index (χ0) is 10.1. The third kappa shape index (κ3) is 2.22. The lowest BCUT2D eigenvalue weighted by Crippen LogP contribution is -2.48. The lowest BCUT2D eigenvalue weighted by atomic mass is 10.0. The van der Waals surface area contributed by atoms with Crippen LogP contribution in [0.5, 0.6) is 0 Å². The topological polar surface area (TPSA) is 32.3 Å². The molecule has 1 heterocycles. The van der Waals surface area contributed by atoms with Gasteiger partial charge in [0.2, 0.25) is 5.91 Å². The first-order valence-electron chi connectivity index (χ1n) is 4.47. The zero-order valence-corrected chi connectivity index (χ0v) is 8.42. The molecule has 1 fully saturated rings. The lowest BCUT2D eigenvalue weighted by Gasteiger charge is -2.23. The number of likely N-dealkylation sites (N-methyl/N-ethyl adjacent to an activating group) is 1. The van der Waals surface area contributed by atoms with Gasteiger partial charge in [0.05, 0.1) is 11.6 Å². The molecule has 0 aromatic rings. The van der Waals surface area contributed by atoms with E-state index in [9.17, 15) is 4.79 Å². The van der Waals surface area contributed by atoms with E-state index in [1.807, 2.05) is 20.9 Å². The molecule has 0 saturated carbocycles. The van der Waals surface area contributed by atoms with Gasteiger partial charge < -0.3 is 4.90 Å². The van der Waals surface area contributed by atoms with Gasteiger partial charge in [-0.05, 0) is 20.3 Å². The summed E-state index contributed by atoms with van der Waals surface area (Å²) in [5.41, 5.74) is -0.397. The van der Waals surface area contributed by atoms with Crippen molar-refractivity contribution in [3.05, 3.63) is 0 Å². The van der Waals surface area contributed by atoms with Crippen LogP contribution in [0, 0.1) is 12.3 Å². The number of amides is 1. The third-order valence-corrected chi connectivity index (χ3v) is 2.32. The average Bonchev–Trinajstić information content (AvgIpc) is 2.36. The Kier molecular flexibility index (Phi) is 2.63. The van der Waals surface area contributed by atoms with Crippen LogP contribution in [0.1, 0.15) is 20.3 Å². The van der Waals surface area contributed by atoms with Gasteiger partial charge in [-0.2, -0.15) is 0 Å². The molecule has 3 nitrogen and oxygen atoms in total. The van der Waals surface area contributed by atoms with Crippen LogP contribution >= 0.6 is 0 Å². The largest absolute Gasteiger partial charge is 0.344 e. The second-order valence-electron chi connectivity index (χ2n) is 4.01. The molecule has 72 valence electrons. The fourth-order valence-corrected chi connectivity index (χ4v) is 1.43. The molecule has 1 rings (SSSR count). The number of nitrogens with one attached hydrogen (secondary N) is 1. The highest BCUT2D eigenvalue weighted by atomic mass is 16.2. The molecule has 1 aliphatic heterocycles. The van der Waals surface area contributed by atoms with E-state index in [0.717, 1.165) is 13.0 Å². The maximum atomic E-state index is 11.5. The van der Waals surface area contributed by atoms with Crippen molar-refractivity contribution in [2.75, 3.05) is 13.6 Å². The minimum atomic E-state index is -0.397. The number of terminal acetylenes is 1. The Balaban J connectivity index is 2.58. The molecule has 0 bridgehead atoms. The summed E-state index contributed by atoms with van der Waals surface area (Å²) in [6.07, 6.45) is 6.17. The maximum absolute atomic E-state index is 11.5. The van der Waals surface area contributed by atoms with Crippen molar-refractivity contribution in [2.24, 2.45) is 0 Å². The van der Waals surface area contributed by atoms with Gasteiger partial charge in [0, 0.05) is 13.6 Å². The van der Waals surface area contributed by atoms with Crippen molar-refractivity contribution >= 4 is 5.91 Å². The monoisotopic (exact) mass is 180 g/mol. The second kappa shape index (κ2) is 3.39. The quantitative estimate of drug-likeness (QED) is 0.616. The molecule has 1 saturated heterocycles. The Morgan fingerprint density at radius 3 is 2.69 bits per heavy atom. The van der Waals surface area contributed by atoms with Crippen LogP contribution in [0.25, 0.3) is 0 Å². The average molecular weight is 180 g/mol. The fraction of sp³-hybridized carbons (Fsp3) is 0.700. The molecule has 0 radical (unpaired) electrons. The maximum Gasteiger partial charge on any atom is 0.239 e. The standard InChI is InChI=1S/C10H16N2O/c1-5-10(2,3)11-8-6-7-12(4)9(8)13/h1,8,11H,6-7H2,2-4H3. The van der Waals surface area contributed by atoms with Crippen molar-refractivity contribution in [3.63, 3.8) is 0 Å². The predicted molar refractivity (Wildman–Crippen MR) is 52.1 cm³/mol. The number of carbonyl (C=O) groups is 1. The minimum absolute atomic E-state index is 0.101. The summed E-state index contributed by atoms with van der Waals surface area (Å²) in [7, 11) is 1.81. The predicted octanol–water partition coefficient (Wildman–Crippen LogP) is 0.218. The van der Waals surface area contributed by atoms with E-state index in [1.165, 1.54) is 0 Å². The molecule has 0 aliphatic carbocycles. The van der Waals surface area contributed by atoms with Gasteiger partial charge >= 0.3 is 0 Å². The molecule has 1 atom stereocenters. The van der Waals surface area contributed by atoms with Gasteiger partial charge in [0.1, 0.15) is 0 Å². The minimum Gasteiger partial charge on any atom is -0.344 e. The summed E-state index contributed by atoms with van der Waals surface area (Å²) in [6, 6.07) is -0.101. The van der Waals surface area contributed by atoms with Crippen LogP contribution in [0.2, 0.25) is 0 Å². The Morgan fingerprint density at radius 1 is 1.69 bits per heavy atom. The van der Waals surface area contributed by atoms with Gasteiger partial charge in [-0.1, -0.05) is 5.92 Å². The summed E-state index contributed by atoms with van der Waals surface area (Å²) in [4.78, 5) is 13.2. The molecular formula is C10H16N2O. The van der Waals surface area contributed by atoms with E-state index < -0.39 is 5.54 Å². The highest BCUT2D eigenvalue weighted by Crippen LogP contribution is 2.12. The number of hydrogen-bond donors (Lipinski definition) is 1. The van der Waals surface area contributed by atoms with Gasteiger partial charge in [-0.3, -0.25) is 10.1 Å². The second-order valence-corrected chi connectivity index (χ2v) is 4.01. The van der Waals surface area contributed by atoms with Crippen LogP contribution in [0.15, 0.2) is 0 Å². The molecule has 3 heteroatoms. The molecule has 1 unspecified atom stereocenters. The Labute approximate surface area is 79.5 Å². The normalized spacial score (nSPS) is 23.4. The SMILES string of the molecule is C#CC(C)(C)NC1CCN(C)C1=O. The number of nitrogens with zero attached hydrogens (tertiary/aromatic N) is 1. The van der Waals surface area contributed by atoms with Crippen molar-refractivity contribution in [1.82, 2.24) is 10.2 Å². The van der Waals surface area contributed by atoms with Gasteiger partial charge in [-0.25, -0.2) is 0 Å². The molecule has 1 aliphatic rings. The number of likely N-dealkylation sites (tertiary alicyclic amines) is 1. The van der Waals surface area contributed by atoms with Gasteiger partial charge in [0.15, 0.2) is 0 Å². The Hall–Kier alpha value is -1.01. The van der Waals surface area contributed by atoms with Crippen molar-refractivity contribution in [1.29, 1.82) is 0 Å². The highest BCUT2D eigenvalue weighted by Gasteiger charge is 2.32. The Bertz CT molecular complexity index is 252. The summed E-state index contributed by atoms with van der Waals surface area (Å²) >= 11 is 0. The molecule has 0 aromatic carbocycles. The number of carbonyl (C=O) groups excluding carboxylic acids is 1.